The van der Waals surface area contributed by atoms with Crippen molar-refractivity contribution in [3.63, 3.8) is 0 Å². The number of hydrogen-bond acceptors (Lipinski definition) is 4. The molecule has 1 aromatic carbocycles. The SMILES string of the molecule is CCOC(=O)c1c(-c2cc(Br)cc(Br)c2)csc1N. The zero-order valence-corrected chi connectivity index (χ0v) is 14.1. The number of benzene rings is 1. The predicted octanol–water partition coefficient (Wildman–Crippen LogP) is 4.70. The Labute approximate surface area is 132 Å². The van der Waals surface area contributed by atoms with Crippen LogP contribution in [0.4, 0.5) is 5.00 Å². The van der Waals surface area contributed by atoms with E-state index >= 15 is 0 Å². The molecule has 2 N–H and O–H groups in total. The van der Waals surface area contributed by atoms with Crippen molar-refractivity contribution in [3.05, 3.63) is 38.1 Å². The van der Waals surface area contributed by atoms with Gasteiger partial charge in [0.15, 0.2) is 0 Å². The third-order valence-electron chi connectivity index (χ3n) is 2.47. The lowest BCUT2D eigenvalue weighted by molar-refractivity contribution is 0.0529. The predicted molar refractivity (Wildman–Crippen MR) is 85.5 cm³/mol. The topological polar surface area (TPSA) is 52.3 Å². The van der Waals surface area contributed by atoms with E-state index in [4.69, 9.17) is 10.5 Å². The normalized spacial score (nSPS) is 10.5. The Morgan fingerprint density at radius 3 is 2.53 bits per heavy atom. The summed E-state index contributed by atoms with van der Waals surface area (Å²) >= 11 is 8.21. The molecule has 0 aliphatic rings. The van der Waals surface area contributed by atoms with E-state index in [0.717, 1.165) is 20.1 Å². The van der Waals surface area contributed by atoms with Gasteiger partial charge in [-0.15, -0.1) is 11.3 Å². The minimum absolute atomic E-state index is 0.329. The highest BCUT2D eigenvalue weighted by Gasteiger charge is 2.20. The maximum Gasteiger partial charge on any atom is 0.341 e. The molecule has 0 saturated heterocycles. The highest BCUT2D eigenvalue weighted by Crippen LogP contribution is 2.36. The van der Waals surface area contributed by atoms with Crippen molar-refractivity contribution in [1.29, 1.82) is 0 Å². The molecule has 0 spiro atoms. The van der Waals surface area contributed by atoms with Crippen molar-refractivity contribution in [2.45, 2.75) is 6.92 Å². The van der Waals surface area contributed by atoms with E-state index in [0.29, 0.717) is 17.2 Å². The number of anilines is 1. The van der Waals surface area contributed by atoms with Crippen LogP contribution in [0.3, 0.4) is 0 Å². The zero-order chi connectivity index (χ0) is 14.0. The van der Waals surface area contributed by atoms with Crippen LogP contribution in [0.15, 0.2) is 32.5 Å². The van der Waals surface area contributed by atoms with Gasteiger partial charge in [-0.2, -0.15) is 0 Å². The molecule has 0 radical (unpaired) electrons. The monoisotopic (exact) mass is 403 g/mol. The highest BCUT2D eigenvalue weighted by atomic mass is 79.9. The Kier molecular flexibility index (Phi) is 4.65. The van der Waals surface area contributed by atoms with E-state index in [9.17, 15) is 4.79 Å². The molecule has 1 aromatic heterocycles. The van der Waals surface area contributed by atoms with Gasteiger partial charge >= 0.3 is 5.97 Å². The smallest absolute Gasteiger partial charge is 0.341 e. The van der Waals surface area contributed by atoms with Crippen LogP contribution in [-0.2, 0) is 4.74 Å². The molecule has 6 heteroatoms. The quantitative estimate of drug-likeness (QED) is 0.754. The van der Waals surface area contributed by atoms with Crippen LogP contribution in [0.2, 0.25) is 0 Å². The maximum absolute atomic E-state index is 12.0. The van der Waals surface area contributed by atoms with Gasteiger partial charge in [-0.1, -0.05) is 31.9 Å². The molecule has 0 aliphatic heterocycles. The summed E-state index contributed by atoms with van der Waals surface area (Å²) in [6, 6.07) is 5.81. The molecular formula is C13H11Br2NO2S. The van der Waals surface area contributed by atoms with Crippen molar-refractivity contribution < 1.29 is 9.53 Å². The number of ether oxygens (including phenoxy) is 1. The number of nitrogen functional groups attached to an aromatic ring is 1. The molecular weight excluding hydrogens is 394 g/mol. The fourth-order valence-electron chi connectivity index (χ4n) is 1.71. The third kappa shape index (κ3) is 3.19. The summed E-state index contributed by atoms with van der Waals surface area (Å²) in [4.78, 5) is 12.0. The Bertz CT molecular complexity index is 605. The van der Waals surface area contributed by atoms with Gasteiger partial charge in [0.25, 0.3) is 0 Å². The van der Waals surface area contributed by atoms with Gasteiger partial charge in [0.2, 0.25) is 0 Å². The van der Waals surface area contributed by atoms with Gasteiger partial charge in [0, 0.05) is 19.9 Å². The summed E-state index contributed by atoms with van der Waals surface area (Å²) < 4.78 is 6.91. The molecule has 2 rings (SSSR count). The zero-order valence-electron chi connectivity index (χ0n) is 10.1. The second-order valence-corrected chi connectivity index (χ2v) is 6.51. The van der Waals surface area contributed by atoms with E-state index in [-0.39, 0.29) is 5.97 Å². The first kappa shape index (κ1) is 14.6. The molecule has 0 saturated carbocycles. The number of halogens is 2. The maximum atomic E-state index is 12.0. The number of rotatable bonds is 3. The van der Waals surface area contributed by atoms with Crippen LogP contribution in [0.1, 0.15) is 17.3 Å². The number of thiophene rings is 1. The molecule has 0 unspecified atom stereocenters. The average molecular weight is 405 g/mol. The lowest BCUT2D eigenvalue weighted by Gasteiger charge is -2.06. The van der Waals surface area contributed by atoms with Crippen molar-refractivity contribution in [2.24, 2.45) is 0 Å². The van der Waals surface area contributed by atoms with Crippen LogP contribution in [0, 0.1) is 0 Å². The first-order valence-corrected chi connectivity index (χ1v) is 8.00. The molecule has 0 bridgehead atoms. The molecule has 2 aromatic rings. The largest absolute Gasteiger partial charge is 0.462 e. The molecule has 0 fully saturated rings. The lowest BCUT2D eigenvalue weighted by Crippen LogP contribution is -2.07. The van der Waals surface area contributed by atoms with Gasteiger partial charge in [0.05, 0.1) is 6.61 Å². The Morgan fingerprint density at radius 1 is 1.32 bits per heavy atom. The van der Waals surface area contributed by atoms with Gasteiger partial charge in [-0.05, 0) is 30.7 Å². The van der Waals surface area contributed by atoms with E-state index in [1.165, 1.54) is 11.3 Å². The summed E-state index contributed by atoms with van der Waals surface area (Å²) in [5, 5.41) is 2.35. The molecule has 100 valence electrons. The van der Waals surface area contributed by atoms with Gasteiger partial charge in [-0.3, -0.25) is 0 Å². The highest BCUT2D eigenvalue weighted by molar-refractivity contribution is 9.11. The van der Waals surface area contributed by atoms with Gasteiger partial charge in [-0.25, -0.2) is 4.79 Å². The first-order chi connectivity index (χ1) is 9.02. The number of esters is 1. The second kappa shape index (κ2) is 6.07. The fourth-order valence-corrected chi connectivity index (χ4v) is 3.81. The second-order valence-electron chi connectivity index (χ2n) is 3.77. The van der Waals surface area contributed by atoms with Crippen LogP contribution in [0.25, 0.3) is 11.1 Å². The fraction of sp³-hybridized carbons (Fsp3) is 0.154. The number of hydrogen-bond donors (Lipinski definition) is 1. The Morgan fingerprint density at radius 2 is 1.95 bits per heavy atom. The van der Waals surface area contributed by atoms with Crippen LogP contribution in [0.5, 0.6) is 0 Å². The molecule has 19 heavy (non-hydrogen) atoms. The van der Waals surface area contributed by atoms with Crippen molar-refractivity contribution >= 4 is 54.2 Å². The van der Waals surface area contributed by atoms with Gasteiger partial charge in [0.1, 0.15) is 10.6 Å². The Balaban J connectivity index is 2.53. The number of carbonyl (C=O) groups excluding carboxylic acids is 1. The number of nitrogens with two attached hydrogens (primary N) is 1. The summed E-state index contributed by atoms with van der Waals surface area (Å²) in [7, 11) is 0. The van der Waals surface area contributed by atoms with Crippen LogP contribution < -0.4 is 5.73 Å². The molecule has 1 heterocycles. The first-order valence-electron chi connectivity index (χ1n) is 5.53. The Hall–Kier alpha value is -0.850. The molecule has 0 aliphatic carbocycles. The number of carbonyl (C=O) groups is 1. The van der Waals surface area contributed by atoms with E-state index in [2.05, 4.69) is 31.9 Å². The summed E-state index contributed by atoms with van der Waals surface area (Å²) in [5.41, 5.74) is 8.03. The molecule has 3 nitrogen and oxygen atoms in total. The summed E-state index contributed by atoms with van der Waals surface area (Å²) in [6.45, 7) is 2.10. The average Bonchev–Trinajstić information content (AvgIpc) is 2.70. The lowest BCUT2D eigenvalue weighted by atomic mass is 10.0. The molecule has 0 amide bonds. The van der Waals surface area contributed by atoms with Crippen molar-refractivity contribution in [1.82, 2.24) is 0 Å². The van der Waals surface area contributed by atoms with Crippen LogP contribution >= 0.6 is 43.2 Å². The minimum Gasteiger partial charge on any atom is -0.462 e. The van der Waals surface area contributed by atoms with Crippen LogP contribution in [-0.4, -0.2) is 12.6 Å². The molecule has 0 atom stereocenters. The third-order valence-corrected chi connectivity index (χ3v) is 4.20. The summed E-state index contributed by atoms with van der Waals surface area (Å²) in [5.74, 6) is -0.382. The van der Waals surface area contributed by atoms with Gasteiger partial charge < -0.3 is 10.5 Å². The van der Waals surface area contributed by atoms with E-state index in [1.54, 1.807) is 6.92 Å². The minimum atomic E-state index is -0.382. The van der Waals surface area contributed by atoms with Crippen molar-refractivity contribution in [3.8, 4) is 11.1 Å². The van der Waals surface area contributed by atoms with Crippen molar-refractivity contribution in [2.75, 3.05) is 12.3 Å². The van der Waals surface area contributed by atoms with E-state index in [1.807, 2.05) is 23.6 Å². The van der Waals surface area contributed by atoms with E-state index < -0.39 is 0 Å². The summed E-state index contributed by atoms with van der Waals surface area (Å²) in [6.07, 6.45) is 0. The standard InChI is InChI=1S/C13H11Br2NO2S/c1-2-18-13(17)11-10(6-19-12(11)16)7-3-8(14)5-9(15)4-7/h3-6H,2,16H2,1H3.